The van der Waals surface area contributed by atoms with E-state index in [1.165, 1.54) is 0 Å². The summed E-state index contributed by atoms with van der Waals surface area (Å²) in [6, 6.07) is 13.8. The van der Waals surface area contributed by atoms with Crippen LogP contribution in [-0.2, 0) is 9.53 Å². The molecule has 1 N–H and O–H groups in total. The number of hydrogen-bond acceptors (Lipinski definition) is 4. The van der Waals surface area contributed by atoms with Gasteiger partial charge < -0.3 is 14.8 Å². The summed E-state index contributed by atoms with van der Waals surface area (Å²) < 4.78 is 11.3. The Labute approximate surface area is 149 Å². The van der Waals surface area contributed by atoms with Gasteiger partial charge in [0.25, 0.3) is 5.91 Å². The average Bonchev–Trinajstić information content (AvgIpc) is 2.58. The molecule has 1 amide bonds. The van der Waals surface area contributed by atoms with E-state index in [0.717, 1.165) is 10.9 Å². The number of carbonyl (C=O) groups is 2. The molecular weight excluding hydrogens is 374 g/mol. The molecule has 0 spiro atoms. The fourth-order valence-electron chi connectivity index (χ4n) is 1.87. The highest BCUT2D eigenvalue weighted by Crippen LogP contribution is 2.17. The molecular formula is C18H18BrNO4. The van der Waals surface area contributed by atoms with Crippen LogP contribution in [0.3, 0.4) is 0 Å². The van der Waals surface area contributed by atoms with Crippen molar-refractivity contribution in [3.05, 3.63) is 58.6 Å². The fraction of sp³-hybridized carbons (Fsp3) is 0.222. The maximum absolute atomic E-state index is 11.9. The summed E-state index contributed by atoms with van der Waals surface area (Å²) in [6.45, 7) is 2.23. The summed E-state index contributed by atoms with van der Waals surface area (Å²) in [4.78, 5) is 23.6. The second-order valence-electron chi connectivity index (χ2n) is 5.01. The molecule has 126 valence electrons. The van der Waals surface area contributed by atoms with Crippen LogP contribution in [0.1, 0.15) is 23.7 Å². The zero-order chi connectivity index (χ0) is 17.4. The molecule has 0 atom stereocenters. The van der Waals surface area contributed by atoms with Crippen molar-refractivity contribution < 1.29 is 19.1 Å². The van der Waals surface area contributed by atoms with E-state index in [1.54, 1.807) is 36.4 Å². The molecule has 0 radical (unpaired) electrons. The number of esters is 1. The molecule has 0 fully saturated rings. The molecule has 0 aromatic heterocycles. The van der Waals surface area contributed by atoms with Crippen LogP contribution in [0.4, 0.5) is 5.69 Å². The number of nitrogens with one attached hydrogen (secondary N) is 1. The second-order valence-corrected chi connectivity index (χ2v) is 5.92. The number of rotatable bonds is 7. The number of hydrogen-bond donors (Lipinski definition) is 1. The van der Waals surface area contributed by atoms with E-state index in [1.807, 2.05) is 19.1 Å². The minimum atomic E-state index is -0.368. The van der Waals surface area contributed by atoms with Crippen molar-refractivity contribution in [2.75, 3.05) is 18.5 Å². The zero-order valence-electron chi connectivity index (χ0n) is 13.3. The third kappa shape index (κ3) is 5.70. The SMILES string of the molecule is CCCOC(=O)c1ccc(NC(=O)COc2cccc(Br)c2)cc1. The Hall–Kier alpha value is -2.34. The van der Waals surface area contributed by atoms with Crippen molar-refractivity contribution in [2.45, 2.75) is 13.3 Å². The van der Waals surface area contributed by atoms with E-state index in [-0.39, 0.29) is 18.5 Å². The van der Waals surface area contributed by atoms with Gasteiger partial charge in [-0.05, 0) is 48.9 Å². The number of amides is 1. The van der Waals surface area contributed by atoms with Crippen LogP contribution in [0.25, 0.3) is 0 Å². The fourth-order valence-corrected chi connectivity index (χ4v) is 2.25. The average molecular weight is 392 g/mol. The molecule has 0 aliphatic heterocycles. The van der Waals surface area contributed by atoms with Crippen molar-refractivity contribution >= 4 is 33.5 Å². The topological polar surface area (TPSA) is 64.6 Å². The lowest BCUT2D eigenvalue weighted by Gasteiger charge is -2.08. The quantitative estimate of drug-likeness (QED) is 0.723. The van der Waals surface area contributed by atoms with Gasteiger partial charge in [0, 0.05) is 10.2 Å². The Morgan fingerprint density at radius 1 is 1.12 bits per heavy atom. The van der Waals surface area contributed by atoms with Crippen LogP contribution in [0, 0.1) is 0 Å². The number of halogens is 1. The molecule has 2 aromatic carbocycles. The summed E-state index contributed by atoms with van der Waals surface area (Å²) >= 11 is 3.34. The molecule has 2 aromatic rings. The van der Waals surface area contributed by atoms with Gasteiger partial charge in [0.1, 0.15) is 5.75 Å². The van der Waals surface area contributed by atoms with E-state index in [9.17, 15) is 9.59 Å². The predicted octanol–water partition coefficient (Wildman–Crippen LogP) is 4.03. The number of ether oxygens (including phenoxy) is 2. The molecule has 0 saturated heterocycles. The number of benzene rings is 2. The van der Waals surface area contributed by atoms with Gasteiger partial charge in [-0.3, -0.25) is 4.79 Å². The van der Waals surface area contributed by atoms with E-state index in [2.05, 4.69) is 21.2 Å². The van der Waals surface area contributed by atoms with Gasteiger partial charge in [-0.2, -0.15) is 0 Å². The Morgan fingerprint density at radius 2 is 1.88 bits per heavy atom. The summed E-state index contributed by atoms with van der Waals surface area (Å²) in [5, 5.41) is 2.71. The monoisotopic (exact) mass is 391 g/mol. The first kappa shape index (κ1) is 18.0. The van der Waals surface area contributed by atoms with Gasteiger partial charge in [0.15, 0.2) is 6.61 Å². The summed E-state index contributed by atoms with van der Waals surface area (Å²) in [5.41, 5.74) is 1.04. The molecule has 5 nitrogen and oxygen atoms in total. The highest BCUT2D eigenvalue weighted by molar-refractivity contribution is 9.10. The minimum Gasteiger partial charge on any atom is -0.484 e. The summed E-state index contributed by atoms with van der Waals surface area (Å²) in [6.07, 6.45) is 0.776. The van der Waals surface area contributed by atoms with Crippen LogP contribution >= 0.6 is 15.9 Å². The Bertz CT molecular complexity index is 700. The van der Waals surface area contributed by atoms with Gasteiger partial charge in [-0.1, -0.05) is 28.9 Å². The van der Waals surface area contributed by atoms with Crippen molar-refractivity contribution in [1.29, 1.82) is 0 Å². The lowest BCUT2D eigenvalue weighted by molar-refractivity contribution is -0.118. The van der Waals surface area contributed by atoms with Gasteiger partial charge in [0.05, 0.1) is 12.2 Å². The standard InChI is InChI=1S/C18H18BrNO4/c1-2-10-23-18(22)13-6-8-15(9-7-13)20-17(21)12-24-16-5-3-4-14(19)11-16/h3-9,11H,2,10,12H2,1H3,(H,20,21). The smallest absolute Gasteiger partial charge is 0.338 e. The third-order valence-electron chi connectivity index (χ3n) is 3.01. The van der Waals surface area contributed by atoms with Crippen molar-refractivity contribution in [2.24, 2.45) is 0 Å². The zero-order valence-corrected chi connectivity index (χ0v) is 14.8. The van der Waals surface area contributed by atoms with Gasteiger partial charge in [0.2, 0.25) is 0 Å². The molecule has 0 heterocycles. The molecule has 0 saturated carbocycles. The van der Waals surface area contributed by atoms with E-state index in [0.29, 0.717) is 23.6 Å². The first-order valence-electron chi connectivity index (χ1n) is 7.54. The number of carbonyl (C=O) groups excluding carboxylic acids is 2. The Morgan fingerprint density at radius 3 is 2.54 bits per heavy atom. The first-order chi connectivity index (χ1) is 11.6. The van der Waals surface area contributed by atoms with E-state index >= 15 is 0 Å². The first-order valence-corrected chi connectivity index (χ1v) is 8.33. The molecule has 0 unspecified atom stereocenters. The number of anilines is 1. The maximum Gasteiger partial charge on any atom is 0.338 e. The molecule has 24 heavy (non-hydrogen) atoms. The normalized spacial score (nSPS) is 10.1. The molecule has 2 rings (SSSR count). The maximum atomic E-state index is 11.9. The van der Waals surface area contributed by atoms with E-state index < -0.39 is 0 Å². The summed E-state index contributed by atoms with van der Waals surface area (Å²) in [7, 11) is 0. The molecule has 0 aliphatic carbocycles. The Kier molecular flexibility index (Phi) is 6.81. The van der Waals surface area contributed by atoms with Crippen LogP contribution < -0.4 is 10.1 Å². The highest BCUT2D eigenvalue weighted by Gasteiger charge is 2.08. The van der Waals surface area contributed by atoms with Crippen LogP contribution in [0.15, 0.2) is 53.0 Å². The Balaban J connectivity index is 1.84. The van der Waals surface area contributed by atoms with Crippen molar-refractivity contribution in [3.63, 3.8) is 0 Å². The predicted molar refractivity (Wildman–Crippen MR) is 95.3 cm³/mol. The largest absolute Gasteiger partial charge is 0.484 e. The third-order valence-corrected chi connectivity index (χ3v) is 3.50. The summed E-state index contributed by atoms with van der Waals surface area (Å²) in [5.74, 6) is -0.0439. The van der Waals surface area contributed by atoms with Crippen molar-refractivity contribution in [1.82, 2.24) is 0 Å². The van der Waals surface area contributed by atoms with E-state index in [4.69, 9.17) is 9.47 Å². The van der Waals surface area contributed by atoms with Crippen LogP contribution in [0.5, 0.6) is 5.75 Å². The second kappa shape index (κ2) is 9.08. The van der Waals surface area contributed by atoms with Gasteiger partial charge in [-0.15, -0.1) is 0 Å². The lowest BCUT2D eigenvalue weighted by Crippen LogP contribution is -2.20. The molecule has 0 bridgehead atoms. The van der Waals surface area contributed by atoms with Crippen molar-refractivity contribution in [3.8, 4) is 5.75 Å². The lowest BCUT2D eigenvalue weighted by atomic mass is 10.2. The minimum absolute atomic E-state index is 0.100. The highest BCUT2D eigenvalue weighted by atomic mass is 79.9. The molecule has 0 aliphatic rings. The van der Waals surface area contributed by atoms with Crippen LogP contribution in [-0.4, -0.2) is 25.1 Å². The van der Waals surface area contributed by atoms with Gasteiger partial charge >= 0.3 is 5.97 Å². The molecule has 6 heteroatoms. The van der Waals surface area contributed by atoms with Crippen LogP contribution in [0.2, 0.25) is 0 Å². The van der Waals surface area contributed by atoms with Gasteiger partial charge in [-0.25, -0.2) is 4.79 Å².